The minimum absolute atomic E-state index is 0.392. The lowest BCUT2D eigenvalue weighted by molar-refractivity contribution is -0.387. The van der Waals surface area contributed by atoms with Gasteiger partial charge >= 0.3 is 11.9 Å². The third-order valence-electron chi connectivity index (χ3n) is 3.08. The Morgan fingerprint density at radius 2 is 1.96 bits per heavy atom. The second kappa shape index (κ2) is 9.22. The molecule has 24 heavy (non-hydrogen) atoms. The van der Waals surface area contributed by atoms with Gasteiger partial charge in [-0.15, -0.1) is 0 Å². The largest absolute Gasteiger partial charge is 0.463 e. The minimum Gasteiger partial charge on any atom is -0.463 e. The van der Waals surface area contributed by atoms with Crippen molar-refractivity contribution in [2.75, 3.05) is 13.2 Å². The summed E-state index contributed by atoms with van der Waals surface area (Å²) in [6.07, 6.45) is -5.54. The number of carbonyl (C=O) groups excluding carboxylic acids is 3. The third-order valence-corrected chi connectivity index (χ3v) is 3.08. The predicted molar refractivity (Wildman–Crippen MR) is 72.5 cm³/mol. The van der Waals surface area contributed by atoms with Crippen LogP contribution in [0, 0.1) is 5.53 Å². The van der Waals surface area contributed by atoms with E-state index in [1.165, 1.54) is 0 Å². The summed E-state index contributed by atoms with van der Waals surface area (Å²) in [5.74, 6) is -2.15. The molecule has 0 aromatic carbocycles. The molecular formula is C12H19N3O9. The van der Waals surface area contributed by atoms with Gasteiger partial charge in [0.25, 0.3) is 0 Å². The van der Waals surface area contributed by atoms with Crippen molar-refractivity contribution in [3.05, 3.63) is 0 Å². The molecule has 5 atom stereocenters. The maximum absolute atomic E-state index is 11.6. The standard InChI is InChI=1S/C12H19N3O9/c1-5(16)21-4-7-10(19)11(22-6(2)17)9(12(23-7)24-20)15-8(18)3-14-13/h7,9-13,19-20H,3-4H2,1-2H3,(H,15,18)/t7?,9?,10-,11?,12+/m0/s1. The number of nitrogens with one attached hydrogen (secondary N) is 2. The molecule has 0 bridgehead atoms. The van der Waals surface area contributed by atoms with Gasteiger partial charge in [0.15, 0.2) is 6.10 Å². The second-order valence-electron chi connectivity index (χ2n) is 4.93. The van der Waals surface area contributed by atoms with Crippen molar-refractivity contribution in [3.63, 3.8) is 0 Å². The molecule has 1 saturated heterocycles. The number of aliphatic hydroxyl groups is 1. The van der Waals surface area contributed by atoms with E-state index in [1.807, 2.05) is 0 Å². The number of aliphatic hydroxyl groups excluding tert-OH is 1. The Balaban J connectivity index is 2.97. The van der Waals surface area contributed by atoms with E-state index < -0.39 is 61.6 Å². The second-order valence-corrected chi connectivity index (χ2v) is 4.93. The molecule has 12 nitrogen and oxygen atoms in total. The van der Waals surface area contributed by atoms with Crippen LogP contribution in [-0.4, -0.2) is 72.0 Å². The number of amides is 1. The monoisotopic (exact) mass is 349 g/mol. The van der Waals surface area contributed by atoms with Gasteiger partial charge in [-0.1, -0.05) is 0 Å². The van der Waals surface area contributed by atoms with Crippen molar-refractivity contribution in [2.45, 2.75) is 44.5 Å². The zero-order chi connectivity index (χ0) is 18.3. The first-order valence-corrected chi connectivity index (χ1v) is 6.87. The first-order chi connectivity index (χ1) is 11.3. The third kappa shape index (κ3) is 5.49. The van der Waals surface area contributed by atoms with Gasteiger partial charge in [0.1, 0.15) is 31.4 Å². The maximum atomic E-state index is 11.6. The number of rotatable bonds is 7. The number of carbonyl (C=O) groups is 3. The van der Waals surface area contributed by atoms with E-state index in [2.05, 4.69) is 15.3 Å². The van der Waals surface area contributed by atoms with E-state index >= 15 is 0 Å². The molecule has 12 heteroatoms. The van der Waals surface area contributed by atoms with Gasteiger partial charge in [-0.25, -0.2) is 15.7 Å². The van der Waals surface area contributed by atoms with Crippen molar-refractivity contribution in [2.24, 2.45) is 5.11 Å². The fraction of sp³-hybridized carbons (Fsp3) is 0.750. The molecule has 0 radical (unpaired) electrons. The lowest BCUT2D eigenvalue weighted by Crippen LogP contribution is -2.66. The number of esters is 2. The quantitative estimate of drug-likeness (QED) is 0.186. The van der Waals surface area contributed by atoms with E-state index in [4.69, 9.17) is 25.0 Å². The van der Waals surface area contributed by atoms with Crippen molar-refractivity contribution < 1.29 is 43.8 Å². The van der Waals surface area contributed by atoms with Crippen LogP contribution in [0.1, 0.15) is 13.8 Å². The van der Waals surface area contributed by atoms with Gasteiger partial charge in [-0.3, -0.25) is 14.4 Å². The molecule has 1 aliphatic rings. The number of hydrogen-bond acceptors (Lipinski definition) is 11. The van der Waals surface area contributed by atoms with E-state index in [0.717, 1.165) is 13.8 Å². The van der Waals surface area contributed by atoms with Crippen LogP contribution in [0.5, 0.6) is 0 Å². The Kier molecular flexibility index (Phi) is 7.64. The Morgan fingerprint density at radius 1 is 1.29 bits per heavy atom. The molecule has 1 fully saturated rings. The fourth-order valence-corrected chi connectivity index (χ4v) is 2.13. The highest BCUT2D eigenvalue weighted by molar-refractivity contribution is 5.78. The topological polar surface area (TPSA) is 177 Å². The summed E-state index contributed by atoms with van der Waals surface area (Å²) in [6.45, 7) is 1.31. The van der Waals surface area contributed by atoms with Gasteiger partial charge in [0.2, 0.25) is 12.2 Å². The van der Waals surface area contributed by atoms with E-state index in [-0.39, 0.29) is 0 Å². The smallest absolute Gasteiger partial charge is 0.303 e. The van der Waals surface area contributed by atoms with Crippen LogP contribution >= 0.6 is 0 Å². The lowest BCUT2D eigenvalue weighted by Gasteiger charge is -2.42. The number of hydrogen-bond donors (Lipinski definition) is 4. The molecule has 3 unspecified atom stereocenters. The molecule has 0 aromatic rings. The van der Waals surface area contributed by atoms with Crippen molar-refractivity contribution in [3.8, 4) is 0 Å². The Hall–Kier alpha value is -2.15. The Labute approximate surface area is 136 Å². The van der Waals surface area contributed by atoms with Crippen LogP contribution in [-0.2, 0) is 33.5 Å². The first-order valence-electron chi connectivity index (χ1n) is 6.87. The fourth-order valence-electron chi connectivity index (χ4n) is 2.13. The predicted octanol–water partition coefficient (Wildman–Crippen LogP) is -1.43. The van der Waals surface area contributed by atoms with Crippen LogP contribution in [0.3, 0.4) is 0 Å². The van der Waals surface area contributed by atoms with Crippen LogP contribution in [0.25, 0.3) is 0 Å². The van der Waals surface area contributed by atoms with Crippen LogP contribution < -0.4 is 5.32 Å². The minimum atomic E-state index is -1.52. The molecule has 0 saturated carbocycles. The highest BCUT2D eigenvalue weighted by atomic mass is 17.1. The average Bonchev–Trinajstić information content (AvgIpc) is 2.49. The van der Waals surface area contributed by atoms with Crippen molar-refractivity contribution in [1.29, 1.82) is 5.53 Å². The summed E-state index contributed by atoms with van der Waals surface area (Å²) < 4.78 is 14.9. The lowest BCUT2D eigenvalue weighted by atomic mass is 9.96. The highest BCUT2D eigenvalue weighted by Gasteiger charge is 2.49. The van der Waals surface area contributed by atoms with Crippen LogP contribution in [0.15, 0.2) is 5.11 Å². The molecule has 0 aliphatic carbocycles. The van der Waals surface area contributed by atoms with E-state index in [0.29, 0.717) is 0 Å². The average molecular weight is 349 g/mol. The maximum Gasteiger partial charge on any atom is 0.303 e. The Morgan fingerprint density at radius 3 is 2.46 bits per heavy atom. The van der Waals surface area contributed by atoms with Gasteiger partial charge in [-0.2, -0.15) is 5.11 Å². The molecule has 1 heterocycles. The van der Waals surface area contributed by atoms with Gasteiger partial charge in [0.05, 0.1) is 0 Å². The van der Waals surface area contributed by atoms with Crippen molar-refractivity contribution in [1.82, 2.24) is 5.32 Å². The van der Waals surface area contributed by atoms with E-state index in [9.17, 15) is 19.5 Å². The van der Waals surface area contributed by atoms with Crippen molar-refractivity contribution >= 4 is 17.8 Å². The van der Waals surface area contributed by atoms with Crippen LogP contribution in [0.2, 0.25) is 0 Å². The molecule has 1 amide bonds. The summed E-state index contributed by atoms with van der Waals surface area (Å²) in [5.41, 5.74) is 6.64. The normalized spacial score (nSPS) is 29.4. The first kappa shape index (κ1) is 19.9. The summed E-state index contributed by atoms with van der Waals surface area (Å²) >= 11 is 0. The molecule has 1 aliphatic heterocycles. The highest BCUT2D eigenvalue weighted by Crippen LogP contribution is 2.25. The van der Waals surface area contributed by atoms with Gasteiger partial charge in [-0.05, 0) is 0 Å². The summed E-state index contributed by atoms with van der Waals surface area (Å²) in [6, 6.07) is -1.28. The summed E-state index contributed by atoms with van der Waals surface area (Å²) in [5, 5.41) is 24.4. The zero-order valence-corrected chi connectivity index (χ0v) is 13.0. The zero-order valence-electron chi connectivity index (χ0n) is 13.0. The Bertz CT molecular complexity index is 486. The SMILES string of the molecule is CC(=O)OCC1O[C@H](OO)C(NC(=O)CN=N)C(OC(C)=O)[C@H]1O. The summed E-state index contributed by atoms with van der Waals surface area (Å²) in [4.78, 5) is 37.9. The molecule has 1 rings (SSSR count). The van der Waals surface area contributed by atoms with Crippen LogP contribution in [0.4, 0.5) is 0 Å². The number of ether oxygens (including phenoxy) is 3. The molecular weight excluding hydrogens is 330 g/mol. The van der Waals surface area contributed by atoms with Gasteiger partial charge in [0, 0.05) is 13.8 Å². The molecule has 136 valence electrons. The molecule has 4 N–H and O–H groups in total. The number of nitrogens with zero attached hydrogens (tertiary/aromatic N) is 1. The molecule has 0 aromatic heterocycles. The van der Waals surface area contributed by atoms with Gasteiger partial charge < -0.3 is 24.6 Å². The summed E-state index contributed by atoms with van der Waals surface area (Å²) in [7, 11) is 0. The van der Waals surface area contributed by atoms with E-state index in [1.54, 1.807) is 0 Å². The molecule has 0 spiro atoms.